The zero-order chi connectivity index (χ0) is 23.7. The van der Waals surface area contributed by atoms with Gasteiger partial charge in [0.2, 0.25) is 5.91 Å². The number of nitrogens with two attached hydrogens (primary N) is 1. The van der Waals surface area contributed by atoms with E-state index in [2.05, 4.69) is 47.7 Å². The van der Waals surface area contributed by atoms with Gasteiger partial charge in [-0.2, -0.15) is 0 Å². The van der Waals surface area contributed by atoms with Crippen LogP contribution in [-0.2, 0) is 13.6 Å². The van der Waals surface area contributed by atoms with Crippen LogP contribution in [0.3, 0.4) is 0 Å². The third kappa shape index (κ3) is 4.17. The molecule has 0 spiro atoms. The largest absolute Gasteiger partial charge is 0.387 e. The number of fused-ring (bicyclic) bond motifs is 1. The Balaban J connectivity index is 1.31. The Morgan fingerprint density at radius 1 is 1.03 bits per heavy atom. The van der Waals surface area contributed by atoms with Crippen molar-refractivity contribution < 1.29 is 4.79 Å². The molecule has 5 rings (SSSR count). The number of piperazine rings is 1. The Morgan fingerprint density at radius 3 is 2.50 bits per heavy atom. The highest BCUT2D eigenvalue weighted by atomic mass is 16.1. The number of hydrogen-bond acceptors (Lipinski definition) is 7. The SMILES string of the molecule is CNc1ccc(-c2ccnc3c2cc(CN2CCN(c4ccc(C(N)=O)cn4)CC2)n3C)nc1. The molecule has 0 aliphatic carbocycles. The highest BCUT2D eigenvalue weighted by Gasteiger charge is 2.20. The van der Waals surface area contributed by atoms with Crippen molar-refractivity contribution in [2.24, 2.45) is 12.8 Å². The molecule has 0 unspecified atom stereocenters. The van der Waals surface area contributed by atoms with Gasteiger partial charge in [0.25, 0.3) is 0 Å². The molecule has 9 heteroatoms. The average molecular weight is 457 g/mol. The maximum absolute atomic E-state index is 11.3. The zero-order valence-corrected chi connectivity index (χ0v) is 19.4. The second-order valence-corrected chi connectivity index (χ2v) is 8.51. The van der Waals surface area contributed by atoms with Crippen molar-refractivity contribution in [3.63, 3.8) is 0 Å². The zero-order valence-electron chi connectivity index (χ0n) is 19.4. The molecule has 4 aromatic rings. The van der Waals surface area contributed by atoms with Crippen LogP contribution in [0.15, 0.2) is 55.0 Å². The van der Waals surface area contributed by atoms with Gasteiger partial charge in [0.15, 0.2) is 0 Å². The van der Waals surface area contributed by atoms with E-state index in [0.717, 1.165) is 66.5 Å². The Morgan fingerprint density at radius 2 is 1.85 bits per heavy atom. The minimum Gasteiger partial charge on any atom is -0.387 e. The lowest BCUT2D eigenvalue weighted by Gasteiger charge is -2.35. The topological polar surface area (TPSA) is 105 Å². The second-order valence-electron chi connectivity index (χ2n) is 8.51. The monoisotopic (exact) mass is 456 g/mol. The predicted molar refractivity (Wildman–Crippen MR) is 134 cm³/mol. The highest BCUT2D eigenvalue weighted by molar-refractivity contribution is 5.93. The quantitative estimate of drug-likeness (QED) is 0.459. The summed E-state index contributed by atoms with van der Waals surface area (Å²) in [4.78, 5) is 29.6. The number of aryl methyl sites for hydroxylation is 1. The number of rotatable bonds is 6. The van der Waals surface area contributed by atoms with Gasteiger partial charge >= 0.3 is 0 Å². The van der Waals surface area contributed by atoms with Crippen LogP contribution in [0, 0.1) is 0 Å². The van der Waals surface area contributed by atoms with Gasteiger partial charge in [0, 0.05) is 75.9 Å². The summed E-state index contributed by atoms with van der Waals surface area (Å²) in [5.41, 5.74) is 10.9. The van der Waals surface area contributed by atoms with Gasteiger partial charge in [-0.1, -0.05) is 0 Å². The van der Waals surface area contributed by atoms with Gasteiger partial charge in [-0.3, -0.25) is 14.7 Å². The number of aromatic nitrogens is 4. The summed E-state index contributed by atoms with van der Waals surface area (Å²) in [6.07, 6.45) is 5.25. The van der Waals surface area contributed by atoms with Gasteiger partial charge < -0.3 is 20.5 Å². The van der Waals surface area contributed by atoms with E-state index in [-0.39, 0.29) is 0 Å². The first-order chi connectivity index (χ1) is 16.5. The molecule has 1 aliphatic rings. The molecule has 3 N–H and O–H groups in total. The normalized spacial score (nSPS) is 14.5. The minimum absolute atomic E-state index is 0.430. The number of hydrogen-bond donors (Lipinski definition) is 2. The number of anilines is 2. The first kappa shape index (κ1) is 21.8. The fourth-order valence-electron chi connectivity index (χ4n) is 4.43. The van der Waals surface area contributed by atoms with Gasteiger partial charge in [-0.25, -0.2) is 9.97 Å². The van der Waals surface area contributed by atoms with Crippen LogP contribution in [0.2, 0.25) is 0 Å². The molecule has 0 saturated carbocycles. The molecule has 0 atom stereocenters. The Hall–Kier alpha value is -3.98. The van der Waals surface area contributed by atoms with Gasteiger partial charge in [-0.15, -0.1) is 0 Å². The van der Waals surface area contributed by atoms with E-state index in [1.165, 1.54) is 5.69 Å². The summed E-state index contributed by atoms with van der Waals surface area (Å²) in [6, 6.07) is 11.9. The molecule has 9 nitrogen and oxygen atoms in total. The Labute approximate surface area is 198 Å². The summed E-state index contributed by atoms with van der Waals surface area (Å²) in [5, 5.41) is 4.22. The van der Waals surface area contributed by atoms with Crippen molar-refractivity contribution in [2.75, 3.05) is 43.4 Å². The van der Waals surface area contributed by atoms with E-state index in [4.69, 9.17) is 5.73 Å². The lowest BCUT2D eigenvalue weighted by molar-refractivity contribution is 0.1000. The van der Waals surface area contributed by atoms with Crippen molar-refractivity contribution in [1.29, 1.82) is 0 Å². The van der Waals surface area contributed by atoms with Crippen molar-refractivity contribution in [2.45, 2.75) is 6.54 Å². The lowest BCUT2D eigenvalue weighted by Crippen LogP contribution is -2.46. The summed E-state index contributed by atoms with van der Waals surface area (Å²) in [7, 11) is 3.97. The van der Waals surface area contributed by atoms with Crippen LogP contribution in [0.25, 0.3) is 22.3 Å². The third-order valence-electron chi connectivity index (χ3n) is 6.47. The molecule has 1 aliphatic heterocycles. The molecule has 174 valence electrons. The van der Waals surface area contributed by atoms with Gasteiger partial charge in [0.1, 0.15) is 11.5 Å². The smallest absolute Gasteiger partial charge is 0.250 e. The van der Waals surface area contributed by atoms with Gasteiger partial charge in [-0.05, 0) is 36.4 Å². The maximum Gasteiger partial charge on any atom is 0.250 e. The van der Waals surface area contributed by atoms with E-state index >= 15 is 0 Å². The number of primary amides is 1. The standard InChI is InChI=1S/C25H28N8O/c1-27-18-4-5-22(29-15-18)20-7-8-28-25-21(20)13-19(31(25)2)16-32-9-11-33(12-10-32)23-6-3-17(14-30-23)24(26)34/h3-8,13-15,27H,9-12,16H2,1-2H3,(H2,26,34). The molecule has 34 heavy (non-hydrogen) atoms. The molecular weight excluding hydrogens is 428 g/mol. The average Bonchev–Trinajstić information content (AvgIpc) is 3.20. The fraction of sp³-hybridized carbons (Fsp3) is 0.280. The van der Waals surface area contributed by atoms with Crippen LogP contribution < -0.4 is 16.0 Å². The highest BCUT2D eigenvalue weighted by Crippen LogP contribution is 2.29. The van der Waals surface area contributed by atoms with E-state index in [1.807, 2.05) is 43.7 Å². The first-order valence-corrected chi connectivity index (χ1v) is 11.3. The van der Waals surface area contributed by atoms with E-state index in [1.54, 1.807) is 12.3 Å². The van der Waals surface area contributed by atoms with Crippen molar-refractivity contribution in [1.82, 2.24) is 24.4 Å². The molecule has 5 heterocycles. The maximum atomic E-state index is 11.3. The predicted octanol–water partition coefficient (Wildman–Crippen LogP) is 2.49. The number of amides is 1. The van der Waals surface area contributed by atoms with Crippen LogP contribution in [0.1, 0.15) is 16.1 Å². The second kappa shape index (κ2) is 9.11. The fourth-order valence-corrected chi connectivity index (χ4v) is 4.43. The number of nitrogens with zero attached hydrogens (tertiary/aromatic N) is 6. The van der Waals surface area contributed by atoms with Crippen molar-refractivity contribution in [3.05, 3.63) is 66.2 Å². The first-order valence-electron chi connectivity index (χ1n) is 11.3. The lowest BCUT2D eigenvalue weighted by atomic mass is 10.1. The Kier molecular flexibility index (Phi) is 5.85. The van der Waals surface area contributed by atoms with Gasteiger partial charge in [0.05, 0.1) is 23.1 Å². The summed E-state index contributed by atoms with van der Waals surface area (Å²) in [6.45, 7) is 4.44. The number of pyridine rings is 3. The van der Waals surface area contributed by atoms with E-state index in [9.17, 15) is 4.79 Å². The molecule has 0 bridgehead atoms. The third-order valence-corrected chi connectivity index (χ3v) is 6.47. The molecule has 0 aromatic carbocycles. The van der Waals surface area contributed by atoms with Crippen LogP contribution in [-0.4, -0.2) is 63.6 Å². The molecule has 1 amide bonds. The Bertz CT molecular complexity index is 1310. The van der Waals surface area contributed by atoms with Crippen LogP contribution in [0.4, 0.5) is 11.5 Å². The summed E-state index contributed by atoms with van der Waals surface area (Å²) < 4.78 is 2.18. The summed E-state index contributed by atoms with van der Waals surface area (Å²) in [5.74, 6) is 0.419. The number of carbonyl (C=O) groups is 1. The molecular formula is C25H28N8O. The minimum atomic E-state index is -0.456. The summed E-state index contributed by atoms with van der Waals surface area (Å²) >= 11 is 0. The van der Waals surface area contributed by atoms with E-state index in [0.29, 0.717) is 5.56 Å². The number of nitrogens with one attached hydrogen (secondary N) is 1. The van der Waals surface area contributed by atoms with E-state index < -0.39 is 5.91 Å². The van der Waals surface area contributed by atoms with Crippen LogP contribution in [0.5, 0.6) is 0 Å². The van der Waals surface area contributed by atoms with Crippen molar-refractivity contribution in [3.8, 4) is 11.3 Å². The molecule has 1 fully saturated rings. The number of carbonyl (C=O) groups excluding carboxylic acids is 1. The molecule has 1 saturated heterocycles. The van der Waals surface area contributed by atoms with Crippen LogP contribution >= 0.6 is 0 Å². The van der Waals surface area contributed by atoms with Crippen molar-refractivity contribution >= 4 is 28.4 Å². The molecule has 4 aromatic heterocycles. The molecule has 0 radical (unpaired) electrons.